The van der Waals surface area contributed by atoms with E-state index in [9.17, 15) is 13.2 Å². The van der Waals surface area contributed by atoms with Crippen LogP contribution in [0.2, 0.25) is 0 Å². The number of aromatic nitrogens is 1. The van der Waals surface area contributed by atoms with Crippen LogP contribution in [0.4, 0.5) is 5.13 Å². The van der Waals surface area contributed by atoms with Crippen molar-refractivity contribution in [1.82, 2.24) is 4.98 Å². The van der Waals surface area contributed by atoms with Crippen LogP contribution >= 0.6 is 11.3 Å². The van der Waals surface area contributed by atoms with E-state index in [1.807, 2.05) is 30.5 Å². The Bertz CT molecular complexity index is 1330. The third-order valence-corrected chi connectivity index (χ3v) is 7.57. The van der Waals surface area contributed by atoms with Gasteiger partial charge in [-0.25, -0.2) is 13.4 Å². The van der Waals surface area contributed by atoms with Crippen molar-refractivity contribution in [3.05, 3.63) is 77.7 Å². The van der Waals surface area contributed by atoms with Crippen molar-refractivity contribution in [2.45, 2.75) is 24.7 Å². The van der Waals surface area contributed by atoms with Crippen molar-refractivity contribution in [3.8, 4) is 11.3 Å². The molecule has 0 unspecified atom stereocenters. The number of hydrogen-bond donors (Lipinski definition) is 1. The molecule has 5 nitrogen and oxygen atoms in total. The van der Waals surface area contributed by atoms with Gasteiger partial charge in [-0.1, -0.05) is 54.1 Å². The first kappa shape index (κ1) is 21.2. The summed E-state index contributed by atoms with van der Waals surface area (Å²) >= 11 is 1.35. The molecule has 1 N–H and O–H groups in total. The van der Waals surface area contributed by atoms with Gasteiger partial charge >= 0.3 is 0 Å². The Balaban J connectivity index is 1.34. The van der Waals surface area contributed by atoms with Crippen LogP contribution in [0.3, 0.4) is 0 Å². The van der Waals surface area contributed by atoms with Crippen LogP contribution in [-0.2, 0) is 14.6 Å². The fourth-order valence-electron chi connectivity index (χ4n) is 3.28. The van der Waals surface area contributed by atoms with Gasteiger partial charge in [-0.05, 0) is 42.3 Å². The standard InChI is InChI=1S/C24H22N2O3S2/c1-17-8-12-21(13-9-17)31(28,29)14-4-7-23(27)26-24-25-22(16-30-24)20-11-10-18-5-2-3-6-19(18)15-20/h2-3,5-6,8-13,15-16H,4,7,14H2,1H3,(H,25,26,27). The number of nitrogens with zero attached hydrogens (tertiary/aromatic N) is 1. The smallest absolute Gasteiger partial charge is 0.226 e. The number of aryl methyl sites for hydroxylation is 1. The van der Waals surface area contributed by atoms with Crippen LogP contribution in [0.15, 0.2) is 77.0 Å². The van der Waals surface area contributed by atoms with Crippen LogP contribution in [-0.4, -0.2) is 25.1 Å². The van der Waals surface area contributed by atoms with E-state index in [1.165, 1.54) is 11.3 Å². The predicted molar refractivity (Wildman–Crippen MR) is 126 cm³/mol. The maximum atomic E-state index is 12.4. The van der Waals surface area contributed by atoms with Crippen molar-refractivity contribution in [2.24, 2.45) is 0 Å². The molecule has 1 amide bonds. The van der Waals surface area contributed by atoms with E-state index in [4.69, 9.17) is 0 Å². The lowest BCUT2D eigenvalue weighted by Gasteiger charge is -2.05. The van der Waals surface area contributed by atoms with Gasteiger partial charge in [0.1, 0.15) is 0 Å². The number of carbonyl (C=O) groups excluding carboxylic acids is 1. The van der Waals surface area contributed by atoms with Gasteiger partial charge < -0.3 is 5.32 Å². The number of nitrogens with one attached hydrogen (secondary N) is 1. The van der Waals surface area contributed by atoms with Gasteiger partial charge in [0.05, 0.1) is 16.3 Å². The summed E-state index contributed by atoms with van der Waals surface area (Å²) in [4.78, 5) is 17.1. The van der Waals surface area contributed by atoms with Gasteiger partial charge in [0.25, 0.3) is 0 Å². The van der Waals surface area contributed by atoms with E-state index < -0.39 is 9.84 Å². The molecule has 4 aromatic rings. The number of carbonyl (C=O) groups is 1. The maximum absolute atomic E-state index is 12.4. The first-order valence-electron chi connectivity index (χ1n) is 9.95. The summed E-state index contributed by atoms with van der Waals surface area (Å²) in [5, 5.41) is 7.48. The monoisotopic (exact) mass is 450 g/mol. The second-order valence-electron chi connectivity index (χ2n) is 7.38. The molecular weight excluding hydrogens is 428 g/mol. The Morgan fingerprint density at radius 2 is 1.74 bits per heavy atom. The quantitative estimate of drug-likeness (QED) is 0.405. The molecule has 1 heterocycles. The van der Waals surface area contributed by atoms with E-state index in [-0.39, 0.29) is 24.5 Å². The molecule has 0 aliphatic carbocycles. The summed E-state index contributed by atoms with van der Waals surface area (Å²) in [5.41, 5.74) is 2.79. The Labute approximate surface area is 185 Å². The molecule has 4 rings (SSSR count). The summed E-state index contributed by atoms with van der Waals surface area (Å²) in [6, 6.07) is 21.0. The second kappa shape index (κ2) is 8.99. The van der Waals surface area contributed by atoms with Crippen molar-refractivity contribution in [2.75, 3.05) is 11.1 Å². The largest absolute Gasteiger partial charge is 0.302 e. The molecule has 0 aliphatic heterocycles. The average molecular weight is 451 g/mol. The first-order chi connectivity index (χ1) is 14.9. The number of sulfone groups is 1. The van der Waals surface area contributed by atoms with E-state index in [0.29, 0.717) is 10.0 Å². The van der Waals surface area contributed by atoms with Gasteiger partial charge in [-0.3, -0.25) is 4.79 Å². The SMILES string of the molecule is Cc1ccc(S(=O)(=O)CCCC(=O)Nc2nc(-c3ccc4ccccc4c3)cs2)cc1. The Kier molecular flexibility index (Phi) is 6.15. The predicted octanol–water partition coefficient (Wildman–Crippen LogP) is 5.46. The summed E-state index contributed by atoms with van der Waals surface area (Å²) in [6.07, 6.45) is 0.376. The fourth-order valence-corrected chi connectivity index (χ4v) is 5.33. The van der Waals surface area contributed by atoms with Crippen molar-refractivity contribution >= 4 is 43.0 Å². The van der Waals surface area contributed by atoms with Gasteiger partial charge in [0.15, 0.2) is 15.0 Å². The molecular formula is C24H22N2O3S2. The zero-order chi connectivity index (χ0) is 21.8. The number of thiazole rings is 1. The van der Waals surface area contributed by atoms with Gasteiger partial charge in [-0.15, -0.1) is 11.3 Å². The van der Waals surface area contributed by atoms with E-state index in [1.54, 1.807) is 24.3 Å². The number of fused-ring (bicyclic) bond motifs is 1. The van der Waals surface area contributed by atoms with Gasteiger partial charge in [0.2, 0.25) is 5.91 Å². The first-order valence-corrected chi connectivity index (χ1v) is 12.5. The molecule has 0 spiro atoms. The zero-order valence-corrected chi connectivity index (χ0v) is 18.7. The van der Waals surface area contributed by atoms with Crippen LogP contribution in [0.25, 0.3) is 22.0 Å². The number of hydrogen-bond acceptors (Lipinski definition) is 5. The van der Waals surface area contributed by atoms with Crippen molar-refractivity contribution < 1.29 is 13.2 Å². The molecule has 0 aliphatic rings. The molecule has 7 heteroatoms. The van der Waals surface area contributed by atoms with Crippen molar-refractivity contribution in [3.63, 3.8) is 0 Å². The minimum Gasteiger partial charge on any atom is -0.302 e. The van der Waals surface area contributed by atoms with Crippen LogP contribution in [0.5, 0.6) is 0 Å². The lowest BCUT2D eigenvalue weighted by atomic mass is 10.1. The molecule has 158 valence electrons. The van der Waals surface area contributed by atoms with E-state index >= 15 is 0 Å². The Hall–Kier alpha value is -3.03. The zero-order valence-electron chi connectivity index (χ0n) is 17.0. The highest BCUT2D eigenvalue weighted by atomic mass is 32.2. The highest BCUT2D eigenvalue weighted by Gasteiger charge is 2.15. The van der Waals surface area contributed by atoms with Crippen LogP contribution < -0.4 is 5.32 Å². The van der Waals surface area contributed by atoms with Gasteiger partial charge in [-0.2, -0.15) is 0 Å². The molecule has 31 heavy (non-hydrogen) atoms. The molecule has 1 aromatic heterocycles. The fraction of sp³-hybridized carbons (Fsp3) is 0.167. The highest BCUT2D eigenvalue weighted by molar-refractivity contribution is 7.91. The summed E-state index contributed by atoms with van der Waals surface area (Å²) in [5.74, 6) is -0.303. The molecule has 0 radical (unpaired) electrons. The lowest BCUT2D eigenvalue weighted by Crippen LogP contribution is -2.14. The van der Waals surface area contributed by atoms with Gasteiger partial charge in [0, 0.05) is 17.4 Å². The molecule has 0 saturated heterocycles. The van der Waals surface area contributed by atoms with E-state index in [0.717, 1.165) is 27.6 Å². The number of benzene rings is 3. The Morgan fingerprint density at radius 1 is 1.00 bits per heavy atom. The minimum absolute atomic E-state index is 0.0658. The number of rotatable bonds is 7. The molecule has 3 aromatic carbocycles. The summed E-state index contributed by atoms with van der Waals surface area (Å²) in [6.45, 7) is 1.91. The van der Waals surface area contributed by atoms with Crippen LogP contribution in [0.1, 0.15) is 18.4 Å². The molecule has 0 atom stereocenters. The Morgan fingerprint density at radius 3 is 2.52 bits per heavy atom. The lowest BCUT2D eigenvalue weighted by molar-refractivity contribution is -0.116. The third kappa shape index (κ3) is 5.18. The van der Waals surface area contributed by atoms with E-state index in [2.05, 4.69) is 34.6 Å². The normalized spacial score (nSPS) is 11.5. The highest BCUT2D eigenvalue weighted by Crippen LogP contribution is 2.28. The number of anilines is 1. The molecule has 0 bridgehead atoms. The summed E-state index contributed by atoms with van der Waals surface area (Å²) in [7, 11) is -3.39. The maximum Gasteiger partial charge on any atom is 0.226 e. The second-order valence-corrected chi connectivity index (χ2v) is 10.4. The number of amides is 1. The third-order valence-electron chi connectivity index (χ3n) is 4.99. The van der Waals surface area contributed by atoms with Crippen LogP contribution in [0, 0.1) is 6.92 Å². The average Bonchev–Trinajstić information content (AvgIpc) is 3.22. The topological polar surface area (TPSA) is 76.1 Å². The molecule has 0 saturated carbocycles. The summed E-state index contributed by atoms with van der Waals surface area (Å²) < 4.78 is 24.8. The minimum atomic E-state index is -3.39. The van der Waals surface area contributed by atoms with Crippen molar-refractivity contribution in [1.29, 1.82) is 0 Å². The molecule has 0 fully saturated rings.